The van der Waals surface area contributed by atoms with Crippen LogP contribution in [-0.2, 0) is 0 Å². The van der Waals surface area contributed by atoms with Crippen molar-refractivity contribution in [1.82, 2.24) is 9.80 Å². The van der Waals surface area contributed by atoms with E-state index in [1.807, 2.05) is 23.1 Å². The number of nitrogen functional groups attached to an aromatic ring is 1. The third-order valence-corrected chi connectivity index (χ3v) is 5.71. The summed E-state index contributed by atoms with van der Waals surface area (Å²) in [6.45, 7) is 14.9. The van der Waals surface area contributed by atoms with Crippen molar-refractivity contribution in [2.75, 3.05) is 50.3 Å². The van der Waals surface area contributed by atoms with Crippen molar-refractivity contribution in [2.24, 2.45) is 11.8 Å². The zero-order valence-corrected chi connectivity index (χ0v) is 19.0. The predicted molar refractivity (Wildman–Crippen MR) is 124 cm³/mol. The van der Waals surface area contributed by atoms with Crippen molar-refractivity contribution in [3.8, 4) is 0 Å². The van der Waals surface area contributed by atoms with Crippen LogP contribution in [-0.4, -0.2) is 55.0 Å². The molecule has 3 N–H and O–H groups in total. The lowest BCUT2D eigenvalue weighted by Crippen LogP contribution is -2.34. The molecular formula is C24H42N4O. The number of likely N-dealkylation sites (tertiary alicyclic amines) is 1. The number of carbonyl (C=O) groups is 1. The van der Waals surface area contributed by atoms with Crippen LogP contribution in [0.4, 0.5) is 11.4 Å². The van der Waals surface area contributed by atoms with Gasteiger partial charge in [-0.1, -0.05) is 27.7 Å². The average molecular weight is 403 g/mol. The Bertz CT molecular complexity index is 611. The number of benzene rings is 1. The lowest BCUT2D eigenvalue weighted by atomic mass is 10.1. The van der Waals surface area contributed by atoms with Crippen LogP contribution >= 0.6 is 0 Å². The Kier molecular flexibility index (Phi) is 9.79. The zero-order chi connectivity index (χ0) is 21.2. The Morgan fingerprint density at radius 1 is 1.10 bits per heavy atom. The number of anilines is 2. The Labute approximate surface area is 178 Å². The summed E-state index contributed by atoms with van der Waals surface area (Å²) in [5, 5.41) is 3.45. The molecule has 0 unspecified atom stereocenters. The molecule has 1 aromatic rings. The summed E-state index contributed by atoms with van der Waals surface area (Å²) in [6.07, 6.45) is 5.80. The van der Waals surface area contributed by atoms with Gasteiger partial charge in [0.15, 0.2) is 0 Å². The van der Waals surface area contributed by atoms with Gasteiger partial charge < -0.3 is 20.9 Å². The smallest absolute Gasteiger partial charge is 0.253 e. The number of nitrogens with zero attached hydrogens (tertiary/aromatic N) is 2. The Morgan fingerprint density at radius 3 is 2.31 bits per heavy atom. The van der Waals surface area contributed by atoms with Gasteiger partial charge in [0.2, 0.25) is 0 Å². The molecule has 1 aromatic carbocycles. The summed E-state index contributed by atoms with van der Waals surface area (Å²) in [5.74, 6) is 1.29. The van der Waals surface area contributed by atoms with E-state index in [1.165, 1.54) is 25.9 Å². The molecule has 1 aliphatic heterocycles. The van der Waals surface area contributed by atoms with E-state index in [-0.39, 0.29) is 5.91 Å². The number of hydrogen-bond acceptors (Lipinski definition) is 4. The molecule has 1 amide bonds. The molecule has 5 nitrogen and oxygen atoms in total. The van der Waals surface area contributed by atoms with Gasteiger partial charge in [-0.2, -0.15) is 0 Å². The quantitative estimate of drug-likeness (QED) is 0.393. The van der Waals surface area contributed by atoms with Crippen molar-refractivity contribution < 1.29 is 4.79 Å². The monoisotopic (exact) mass is 402 g/mol. The second-order valence-corrected chi connectivity index (χ2v) is 9.29. The van der Waals surface area contributed by atoms with E-state index in [4.69, 9.17) is 5.73 Å². The molecule has 1 fully saturated rings. The average Bonchev–Trinajstić information content (AvgIpc) is 3.19. The molecule has 5 heteroatoms. The number of nitrogens with one attached hydrogen (secondary N) is 1. The van der Waals surface area contributed by atoms with Crippen LogP contribution in [0.3, 0.4) is 0 Å². The zero-order valence-electron chi connectivity index (χ0n) is 19.0. The van der Waals surface area contributed by atoms with E-state index in [2.05, 4.69) is 37.9 Å². The number of rotatable bonds is 12. The Hall–Kier alpha value is -1.75. The first-order valence-electron chi connectivity index (χ1n) is 11.5. The molecular weight excluding hydrogens is 360 g/mol. The van der Waals surface area contributed by atoms with Crippen molar-refractivity contribution in [3.63, 3.8) is 0 Å². The largest absolute Gasteiger partial charge is 0.397 e. The Morgan fingerprint density at radius 2 is 1.72 bits per heavy atom. The minimum atomic E-state index is 0.117. The summed E-state index contributed by atoms with van der Waals surface area (Å²) < 4.78 is 0. The second-order valence-electron chi connectivity index (χ2n) is 9.29. The third kappa shape index (κ3) is 8.25. The molecule has 1 heterocycles. The highest BCUT2D eigenvalue weighted by Gasteiger charge is 2.18. The van der Waals surface area contributed by atoms with E-state index in [1.54, 1.807) is 0 Å². The summed E-state index contributed by atoms with van der Waals surface area (Å²) in [4.78, 5) is 17.7. The summed E-state index contributed by atoms with van der Waals surface area (Å²) in [7, 11) is 0. The maximum atomic E-state index is 13.2. The van der Waals surface area contributed by atoms with Gasteiger partial charge in [-0.05, 0) is 81.8 Å². The lowest BCUT2D eigenvalue weighted by molar-refractivity contribution is 0.0741. The summed E-state index contributed by atoms with van der Waals surface area (Å²) in [5.41, 5.74) is 8.49. The van der Waals surface area contributed by atoms with Gasteiger partial charge in [-0.3, -0.25) is 4.79 Å². The van der Waals surface area contributed by atoms with Gasteiger partial charge in [-0.25, -0.2) is 0 Å². The first-order chi connectivity index (χ1) is 13.9. The molecule has 0 saturated carbocycles. The number of carbonyl (C=O) groups excluding carboxylic acids is 1. The van der Waals surface area contributed by atoms with Crippen molar-refractivity contribution in [2.45, 2.75) is 59.8 Å². The molecule has 29 heavy (non-hydrogen) atoms. The molecule has 0 bridgehead atoms. The van der Waals surface area contributed by atoms with Gasteiger partial charge in [0.05, 0.1) is 11.4 Å². The third-order valence-electron chi connectivity index (χ3n) is 5.71. The van der Waals surface area contributed by atoms with Crippen LogP contribution < -0.4 is 11.1 Å². The SMILES string of the molecule is CC(C)CCN(CCC(C)C)C(=O)c1ccc(N)c(NCCCN2CCCC2)c1. The van der Waals surface area contributed by atoms with Crippen molar-refractivity contribution in [3.05, 3.63) is 23.8 Å². The number of hydrogen-bond donors (Lipinski definition) is 2. The first kappa shape index (κ1) is 23.5. The molecule has 0 spiro atoms. The van der Waals surface area contributed by atoms with E-state index in [9.17, 15) is 4.79 Å². The van der Waals surface area contributed by atoms with Crippen molar-refractivity contribution >= 4 is 17.3 Å². The number of nitrogens with two attached hydrogens (primary N) is 1. The van der Waals surface area contributed by atoms with E-state index >= 15 is 0 Å². The van der Waals surface area contributed by atoms with Gasteiger partial charge >= 0.3 is 0 Å². The molecule has 1 aliphatic rings. The number of amides is 1. The fourth-order valence-electron chi connectivity index (χ4n) is 3.70. The van der Waals surface area contributed by atoms with Crippen LogP contribution in [0.15, 0.2) is 18.2 Å². The molecule has 1 saturated heterocycles. The molecule has 0 radical (unpaired) electrons. The van der Waals surface area contributed by atoms with E-state index < -0.39 is 0 Å². The van der Waals surface area contributed by atoms with Crippen LogP contribution in [0, 0.1) is 11.8 Å². The fraction of sp³-hybridized carbons (Fsp3) is 0.708. The fourth-order valence-corrected chi connectivity index (χ4v) is 3.70. The predicted octanol–water partition coefficient (Wildman–Crippen LogP) is 4.70. The van der Waals surface area contributed by atoms with Crippen LogP contribution in [0.25, 0.3) is 0 Å². The molecule has 0 atom stereocenters. The highest BCUT2D eigenvalue weighted by molar-refractivity contribution is 5.96. The van der Waals surface area contributed by atoms with Gasteiger partial charge in [0, 0.05) is 25.2 Å². The summed E-state index contributed by atoms with van der Waals surface area (Å²) >= 11 is 0. The van der Waals surface area contributed by atoms with E-state index in [0.29, 0.717) is 17.5 Å². The summed E-state index contributed by atoms with van der Waals surface area (Å²) in [6, 6.07) is 5.66. The Balaban J connectivity index is 1.96. The maximum absolute atomic E-state index is 13.2. The topological polar surface area (TPSA) is 61.6 Å². The first-order valence-corrected chi connectivity index (χ1v) is 11.5. The van der Waals surface area contributed by atoms with Gasteiger partial charge in [0.25, 0.3) is 5.91 Å². The minimum Gasteiger partial charge on any atom is -0.397 e. The van der Waals surface area contributed by atoms with Crippen molar-refractivity contribution in [1.29, 1.82) is 0 Å². The standard InChI is InChI=1S/C24H42N4O/c1-19(2)10-16-28(17-11-20(3)4)24(29)21-8-9-22(25)23(18-21)26-12-7-15-27-13-5-6-14-27/h8-9,18-20,26H,5-7,10-17,25H2,1-4H3. The molecule has 0 aromatic heterocycles. The van der Waals surface area contributed by atoms with Crippen LogP contribution in [0.1, 0.15) is 70.2 Å². The highest BCUT2D eigenvalue weighted by Crippen LogP contribution is 2.22. The molecule has 0 aliphatic carbocycles. The highest BCUT2D eigenvalue weighted by atomic mass is 16.2. The second kappa shape index (κ2) is 12.1. The molecule has 2 rings (SSSR count). The van der Waals surface area contributed by atoms with E-state index in [0.717, 1.165) is 56.7 Å². The molecule has 164 valence electrons. The lowest BCUT2D eigenvalue weighted by Gasteiger charge is -2.25. The normalized spacial score (nSPS) is 14.7. The van der Waals surface area contributed by atoms with Crippen LogP contribution in [0.2, 0.25) is 0 Å². The minimum absolute atomic E-state index is 0.117. The van der Waals surface area contributed by atoms with Gasteiger partial charge in [-0.15, -0.1) is 0 Å². The maximum Gasteiger partial charge on any atom is 0.253 e. The van der Waals surface area contributed by atoms with Crippen LogP contribution in [0.5, 0.6) is 0 Å². The van der Waals surface area contributed by atoms with Gasteiger partial charge in [0.1, 0.15) is 0 Å².